The number of halogens is 2. The number of benzene rings is 3. The average Bonchev–Trinajstić information content (AvgIpc) is 3.70. The molecule has 224 valence electrons. The molecule has 14 heteroatoms. The molecule has 0 fully saturated rings. The zero-order valence-electron chi connectivity index (χ0n) is 23.1. The largest absolute Gasteiger partial charge is 0.478 e. The van der Waals surface area contributed by atoms with Crippen molar-refractivity contribution < 1.29 is 14.7 Å². The third-order valence-corrected chi connectivity index (χ3v) is 7.46. The quantitative estimate of drug-likeness (QED) is 0.160. The lowest BCUT2D eigenvalue weighted by Crippen LogP contribution is -2.29. The number of amides is 1. The maximum absolute atomic E-state index is 13.3. The van der Waals surface area contributed by atoms with Gasteiger partial charge in [0.25, 0.3) is 0 Å². The molecule has 3 heterocycles. The summed E-state index contributed by atoms with van der Waals surface area (Å²) in [7, 11) is 0. The van der Waals surface area contributed by atoms with Crippen LogP contribution in [0.3, 0.4) is 0 Å². The van der Waals surface area contributed by atoms with Crippen molar-refractivity contribution in [3.05, 3.63) is 128 Å². The van der Waals surface area contributed by atoms with Gasteiger partial charge in [-0.1, -0.05) is 59.6 Å². The van der Waals surface area contributed by atoms with Crippen LogP contribution in [0.4, 0.5) is 0 Å². The second kappa shape index (κ2) is 12.6. The molecule has 6 rings (SSSR count). The highest BCUT2D eigenvalue weighted by atomic mass is 35.5. The molecular weight excluding hydrogens is 619 g/mol. The van der Waals surface area contributed by atoms with E-state index in [1.54, 1.807) is 42.5 Å². The number of hydrogen-bond acceptors (Lipinski definition) is 7. The summed E-state index contributed by atoms with van der Waals surface area (Å²) in [5, 5.41) is 24.9. The normalized spacial score (nSPS) is 12.0. The van der Waals surface area contributed by atoms with Crippen molar-refractivity contribution >= 4 is 52.1 Å². The molecule has 12 nitrogen and oxygen atoms in total. The highest BCUT2D eigenvalue weighted by Gasteiger charge is 2.22. The van der Waals surface area contributed by atoms with Crippen LogP contribution in [0.15, 0.2) is 90.0 Å². The molecule has 0 radical (unpaired) electrons. The number of nitrogens with zero attached hydrogens (tertiary/aromatic N) is 5. The van der Waals surface area contributed by atoms with Gasteiger partial charge in [0.2, 0.25) is 11.5 Å². The zero-order valence-corrected chi connectivity index (χ0v) is 24.6. The molecule has 3 aromatic carbocycles. The fraction of sp³-hybridized carbons (Fsp3) is 0.0645. The predicted octanol–water partition coefficient (Wildman–Crippen LogP) is 5.01. The zero-order chi connectivity index (χ0) is 31.5. The number of aromatic carboxylic acids is 1. The van der Waals surface area contributed by atoms with Gasteiger partial charge in [-0.2, -0.15) is 4.68 Å². The molecule has 1 amide bonds. The number of pyridine rings is 1. The Hall–Kier alpha value is -5.59. The van der Waals surface area contributed by atoms with E-state index in [2.05, 4.69) is 30.8 Å². The fourth-order valence-electron chi connectivity index (χ4n) is 4.89. The second-order valence-electron chi connectivity index (χ2n) is 9.94. The van der Waals surface area contributed by atoms with E-state index in [-0.39, 0.29) is 10.7 Å². The van der Waals surface area contributed by atoms with E-state index in [9.17, 15) is 19.5 Å². The van der Waals surface area contributed by atoms with Gasteiger partial charge in [-0.15, -0.1) is 5.10 Å². The number of carbonyl (C=O) groups is 2. The van der Waals surface area contributed by atoms with Gasteiger partial charge >= 0.3 is 5.97 Å². The topological polar surface area (TPSA) is 172 Å². The maximum Gasteiger partial charge on any atom is 0.336 e. The number of H-pyrrole nitrogens is 2. The number of aromatic nitrogens is 7. The maximum atomic E-state index is 13.3. The average molecular weight is 641 g/mol. The van der Waals surface area contributed by atoms with Gasteiger partial charge in [0, 0.05) is 39.2 Å². The van der Waals surface area contributed by atoms with E-state index < -0.39 is 23.5 Å². The lowest BCUT2D eigenvalue weighted by atomic mass is 10.0. The molecule has 0 bridgehead atoms. The lowest BCUT2D eigenvalue weighted by Gasteiger charge is -2.16. The first-order valence-electron chi connectivity index (χ1n) is 13.5. The second-order valence-corrected chi connectivity index (χ2v) is 10.8. The van der Waals surface area contributed by atoms with Gasteiger partial charge < -0.3 is 20.4 Å². The number of tetrazole rings is 1. The highest BCUT2D eigenvalue weighted by molar-refractivity contribution is 6.32. The Labute approximate surface area is 264 Å². The first-order chi connectivity index (χ1) is 21.7. The SMILES string of the molecule is O=C(C=Cc1cc(Cl)ccc1-n1cnnn1)N[C@@H](Cc1ccccc1)c1nc(-c2ccc3[nH]c(=O)cc(C(=O)O)c3c2)c(Cl)[nH]1. The van der Waals surface area contributed by atoms with Crippen LogP contribution in [-0.2, 0) is 11.2 Å². The van der Waals surface area contributed by atoms with Crippen LogP contribution in [0.25, 0.3) is 33.9 Å². The first-order valence-corrected chi connectivity index (χ1v) is 14.2. The number of carboxylic acids is 1. The van der Waals surface area contributed by atoms with Crippen molar-refractivity contribution in [1.29, 1.82) is 0 Å². The van der Waals surface area contributed by atoms with Gasteiger partial charge in [-0.05, 0) is 58.8 Å². The Balaban J connectivity index is 1.32. The predicted molar refractivity (Wildman–Crippen MR) is 168 cm³/mol. The van der Waals surface area contributed by atoms with Crippen molar-refractivity contribution in [2.75, 3.05) is 0 Å². The third-order valence-electron chi connectivity index (χ3n) is 6.95. The number of carboxylic acid groups (broad SMARTS) is 1. The molecule has 0 saturated carbocycles. The minimum atomic E-state index is -1.24. The Morgan fingerprint density at radius 3 is 2.60 bits per heavy atom. The lowest BCUT2D eigenvalue weighted by molar-refractivity contribution is -0.117. The molecular formula is C31H22Cl2N8O4. The Bertz CT molecular complexity index is 2130. The molecule has 0 aliphatic rings. The Morgan fingerprint density at radius 2 is 1.84 bits per heavy atom. The number of nitrogens with one attached hydrogen (secondary N) is 3. The number of hydrogen-bond donors (Lipinski definition) is 4. The van der Waals surface area contributed by atoms with E-state index >= 15 is 0 Å². The van der Waals surface area contributed by atoms with E-state index in [4.69, 9.17) is 28.2 Å². The van der Waals surface area contributed by atoms with Crippen LogP contribution >= 0.6 is 23.2 Å². The summed E-state index contributed by atoms with van der Waals surface area (Å²) in [5.41, 5.74) is 2.74. The van der Waals surface area contributed by atoms with Crippen LogP contribution in [0, 0.1) is 0 Å². The fourth-order valence-corrected chi connectivity index (χ4v) is 5.32. The van der Waals surface area contributed by atoms with Crippen LogP contribution in [0.5, 0.6) is 0 Å². The number of aromatic amines is 2. The number of fused-ring (bicyclic) bond motifs is 1. The minimum absolute atomic E-state index is 0.147. The van der Waals surface area contributed by atoms with Gasteiger partial charge in [0.05, 0.1) is 17.3 Å². The van der Waals surface area contributed by atoms with E-state index in [1.807, 2.05) is 30.3 Å². The minimum Gasteiger partial charge on any atom is -0.478 e. The molecule has 1 atom stereocenters. The van der Waals surface area contributed by atoms with E-state index in [0.717, 1.165) is 11.6 Å². The highest BCUT2D eigenvalue weighted by Crippen LogP contribution is 2.31. The van der Waals surface area contributed by atoms with Crippen molar-refractivity contribution in [2.45, 2.75) is 12.5 Å². The molecule has 0 saturated heterocycles. The molecule has 6 aromatic rings. The monoisotopic (exact) mass is 640 g/mol. The van der Waals surface area contributed by atoms with Crippen LogP contribution in [-0.4, -0.2) is 52.1 Å². The molecule has 0 aliphatic heterocycles. The molecule has 45 heavy (non-hydrogen) atoms. The standard InChI is InChI=1S/C31H22Cl2N8O4/c32-20-8-10-25(41-16-34-39-40-41)18(13-20)7-11-26(42)36-24(12-17-4-2-1-3-5-17)30-37-28(29(33)38-30)19-6-9-23-21(14-19)22(31(44)45)15-27(43)35-23/h1-11,13-16,24H,12H2,(H,35,43)(H,36,42)(H,37,38)(H,44,45)/t24-/m0/s1. The number of carbonyl (C=O) groups excluding carboxylic acids is 1. The van der Waals surface area contributed by atoms with Gasteiger partial charge in [-0.25, -0.2) is 9.78 Å². The Kier molecular flexibility index (Phi) is 8.23. The van der Waals surface area contributed by atoms with Gasteiger partial charge in [0.15, 0.2) is 0 Å². The van der Waals surface area contributed by atoms with Crippen molar-refractivity contribution in [2.24, 2.45) is 0 Å². The van der Waals surface area contributed by atoms with E-state index in [1.165, 1.54) is 17.1 Å². The summed E-state index contributed by atoms with van der Waals surface area (Å²) in [4.78, 5) is 47.5. The molecule has 0 aliphatic carbocycles. The third kappa shape index (κ3) is 6.51. The molecule has 0 spiro atoms. The first kappa shape index (κ1) is 29.5. The number of rotatable bonds is 9. The van der Waals surface area contributed by atoms with Crippen molar-refractivity contribution in [3.8, 4) is 16.9 Å². The van der Waals surface area contributed by atoms with Gasteiger partial charge in [0.1, 0.15) is 23.0 Å². The van der Waals surface area contributed by atoms with E-state index in [0.29, 0.717) is 50.7 Å². The van der Waals surface area contributed by atoms with Crippen LogP contribution < -0.4 is 10.9 Å². The van der Waals surface area contributed by atoms with Gasteiger partial charge in [-0.3, -0.25) is 9.59 Å². The summed E-state index contributed by atoms with van der Waals surface area (Å²) >= 11 is 12.8. The molecule has 4 N–H and O–H groups in total. The van der Waals surface area contributed by atoms with Crippen molar-refractivity contribution in [3.63, 3.8) is 0 Å². The summed E-state index contributed by atoms with van der Waals surface area (Å²) in [6, 6.07) is 20.0. The Morgan fingerprint density at radius 1 is 1.02 bits per heavy atom. The summed E-state index contributed by atoms with van der Waals surface area (Å²) in [5.74, 6) is -1.26. The summed E-state index contributed by atoms with van der Waals surface area (Å²) in [6.07, 6.45) is 4.81. The number of imidazole rings is 1. The molecule has 0 unspecified atom stereocenters. The smallest absolute Gasteiger partial charge is 0.336 e. The van der Waals surface area contributed by atoms with Crippen LogP contribution in [0.2, 0.25) is 10.2 Å². The van der Waals surface area contributed by atoms with Crippen molar-refractivity contribution in [1.82, 2.24) is 40.5 Å². The summed E-state index contributed by atoms with van der Waals surface area (Å²) < 4.78 is 1.46. The molecule has 3 aromatic heterocycles. The van der Waals surface area contributed by atoms with Crippen LogP contribution in [0.1, 0.15) is 33.4 Å². The summed E-state index contributed by atoms with van der Waals surface area (Å²) in [6.45, 7) is 0.